The Labute approximate surface area is 141 Å². The molecular weight excluding hydrogens is 318 g/mol. The Bertz CT molecular complexity index is 513. The highest BCUT2D eigenvalue weighted by atomic mass is 35.5. The second-order valence-electron chi connectivity index (χ2n) is 6.44. The van der Waals surface area contributed by atoms with Gasteiger partial charge in [0.15, 0.2) is 0 Å². The van der Waals surface area contributed by atoms with Gasteiger partial charge in [0, 0.05) is 37.6 Å². The summed E-state index contributed by atoms with van der Waals surface area (Å²) in [5.41, 5.74) is 0. The van der Waals surface area contributed by atoms with Crippen LogP contribution in [-0.2, 0) is 11.3 Å². The number of nitrogens with zero attached hydrogens (tertiary/aromatic N) is 2. The Hall–Kier alpha value is -0.620. The zero-order chi connectivity index (χ0) is 15.5. The van der Waals surface area contributed by atoms with Gasteiger partial charge in [-0.25, -0.2) is 0 Å². The molecule has 2 fully saturated rings. The predicted molar refractivity (Wildman–Crippen MR) is 91.4 cm³/mol. The van der Waals surface area contributed by atoms with Gasteiger partial charge < -0.3 is 10.2 Å². The van der Waals surface area contributed by atoms with Crippen molar-refractivity contribution in [1.82, 2.24) is 15.1 Å². The summed E-state index contributed by atoms with van der Waals surface area (Å²) < 4.78 is 0.848. The molecule has 1 aromatic heterocycles. The Morgan fingerprint density at radius 1 is 1.36 bits per heavy atom. The summed E-state index contributed by atoms with van der Waals surface area (Å²) in [5, 5.41) is 3.38. The highest BCUT2D eigenvalue weighted by molar-refractivity contribution is 7.16. The van der Waals surface area contributed by atoms with Crippen LogP contribution in [0.25, 0.3) is 0 Å². The molecular formula is C16H24ClN3OS. The van der Waals surface area contributed by atoms with Crippen LogP contribution in [0.3, 0.4) is 0 Å². The fourth-order valence-corrected chi connectivity index (χ4v) is 4.43. The van der Waals surface area contributed by atoms with Crippen LogP contribution in [0.5, 0.6) is 0 Å². The number of nitrogens with one attached hydrogen (secondary N) is 1. The number of carbonyl (C=O) groups is 1. The molecule has 0 spiro atoms. The van der Waals surface area contributed by atoms with Crippen molar-refractivity contribution >= 4 is 28.8 Å². The standard InChI is InChI=1S/C16H24ClN3OS/c1-12-4-5-18-14(10-12)16(21)20-8-6-19(7-9-20)11-13-2-3-15(17)22-13/h2-3,12,14,18H,4-11H2,1H3. The van der Waals surface area contributed by atoms with Crippen molar-refractivity contribution in [3.63, 3.8) is 0 Å². The van der Waals surface area contributed by atoms with Gasteiger partial charge in [0.2, 0.25) is 5.91 Å². The maximum absolute atomic E-state index is 12.6. The van der Waals surface area contributed by atoms with Crippen molar-refractivity contribution in [3.8, 4) is 0 Å². The number of rotatable bonds is 3. The van der Waals surface area contributed by atoms with E-state index >= 15 is 0 Å². The number of hydrogen-bond acceptors (Lipinski definition) is 4. The number of hydrogen-bond donors (Lipinski definition) is 1. The third kappa shape index (κ3) is 4.02. The lowest BCUT2D eigenvalue weighted by Gasteiger charge is -2.38. The molecule has 0 bridgehead atoms. The molecule has 3 heterocycles. The number of thiophene rings is 1. The van der Waals surface area contributed by atoms with Crippen molar-refractivity contribution in [2.75, 3.05) is 32.7 Å². The molecule has 0 saturated carbocycles. The third-order valence-electron chi connectivity index (χ3n) is 4.66. The molecule has 2 saturated heterocycles. The summed E-state index contributed by atoms with van der Waals surface area (Å²) in [6.07, 6.45) is 2.16. The Kier molecular flexibility index (Phi) is 5.39. The summed E-state index contributed by atoms with van der Waals surface area (Å²) in [6.45, 7) is 7.72. The van der Waals surface area contributed by atoms with Gasteiger partial charge in [0.25, 0.3) is 0 Å². The van der Waals surface area contributed by atoms with Crippen LogP contribution in [0.15, 0.2) is 12.1 Å². The van der Waals surface area contributed by atoms with E-state index in [9.17, 15) is 4.79 Å². The lowest BCUT2D eigenvalue weighted by molar-refractivity contribution is -0.136. The van der Waals surface area contributed by atoms with Crippen molar-refractivity contribution in [2.24, 2.45) is 5.92 Å². The molecule has 3 rings (SSSR count). The quantitative estimate of drug-likeness (QED) is 0.917. The number of halogens is 1. The van der Waals surface area contributed by atoms with Gasteiger partial charge in [0.05, 0.1) is 10.4 Å². The Morgan fingerprint density at radius 3 is 2.77 bits per heavy atom. The largest absolute Gasteiger partial charge is 0.339 e. The number of amides is 1. The molecule has 0 aromatic carbocycles. The fourth-order valence-electron chi connectivity index (χ4n) is 3.30. The maximum Gasteiger partial charge on any atom is 0.239 e. The van der Waals surface area contributed by atoms with Crippen LogP contribution in [0.4, 0.5) is 0 Å². The lowest BCUT2D eigenvalue weighted by atomic mass is 9.93. The van der Waals surface area contributed by atoms with Crippen LogP contribution in [-0.4, -0.2) is 54.5 Å². The Balaban J connectivity index is 1.47. The molecule has 2 aliphatic heterocycles. The second kappa shape index (κ2) is 7.30. The van der Waals surface area contributed by atoms with Crippen LogP contribution < -0.4 is 5.32 Å². The molecule has 0 aliphatic carbocycles. The van der Waals surface area contributed by atoms with Crippen LogP contribution >= 0.6 is 22.9 Å². The molecule has 4 nitrogen and oxygen atoms in total. The van der Waals surface area contributed by atoms with E-state index in [2.05, 4.69) is 23.2 Å². The van der Waals surface area contributed by atoms with Gasteiger partial charge in [-0.05, 0) is 37.4 Å². The van der Waals surface area contributed by atoms with E-state index in [0.29, 0.717) is 11.8 Å². The van der Waals surface area contributed by atoms with Crippen molar-refractivity contribution < 1.29 is 4.79 Å². The van der Waals surface area contributed by atoms with E-state index in [1.54, 1.807) is 11.3 Å². The molecule has 122 valence electrons. The van der Waals surface area contributed by atoms with Crippen molar-refractivity contribution in [3.05, 3.63) is 21.3 Å². The molecule has 1 aromatic rings. The van der Waals surface area contributed by atoms with Crippen LogP contribution in [0, 0.1) is 5.92 Å². The van der Waals surface area contributed by atoms with Gasteiger partial charge in [-0.3, -0.25) is 9.69 Å². The minimum Gasteiger partial charge on any atom is -0.339 e. The molecule has 2 aliphatic rings. The average molecular weight is 342 g/mol. The van der Waals surface area contributed by atoms with Crippen LogP contribution in [0.1, 0.15) is 24.6 Å². The van der Waals surface area contributed by atoms with Gasteiger partial charge in [-0.1, -0.05) is 18.5 Å². The van der Waals surface area contributed by atoms with E-state index in [1.807, 2.05) is 11.0 Å². The molecule has 22 heavy (non-hydrogen) atoms. The number of carbonyl (C=O) groups excluding carboxylic acids is 1. The SMILES string of the molecule is CC1CCNC(C(=O)N2CCN(Cc3ccc(Cl)s3)CC2)C1. The van der Waals surface area contributed by atoms with E-state index in [4.69, 9.17) is 11.6 Å². The van der Waals surface area contributed by atoms with E-state index in [0.717, 1.165) is 50.0 Å². The van der Waals surface area contributed by atoms with Crippen LogP contribution in [0.2, 0.25) is 4.34 Å². The predicted octanol–water partition coefficient (Wildman–Crippen LogP) is 2.43. The first-order chi connectivity index (χ1) is 10.6. The van der Waals surface area contributed by atoms with E-state index in [-0.39, 0.29) is 6.04 Å². The first-order valence-corrected chi connectivity index (χ1v) is 9.30. The fraction of sp³-hybridized carbons (Fsp3) is 0.688. The highest BCUT2D eigenvalue weighted by Gasteiger charge is 2.30. The van der Waals surface area contributed by atoms with Gasteiger partial charge in [-0.15, -0.1) is 11.3 Å². The summed E-state index contributed by atoms with van der Waals surface area (Å²) >= 11 is 7.63. The third-order valence-corrected chi connectivity index (χ3v) is 5.87. The molecule has 1 N–H and O–H groups in total. The number of piperazine rings is 1. The molecule has 2 atom stereocenters. The molecule has 6 heteroatoms. The zero-order valence-corrected chi connectivity index (χ0v) is 14.6. The van der Waals surface area contributed by atoms with Gasteiger partial charge in [-0.2, -0.15) is 0 Å². The molecule has 0 radical (unpaired) electrons. The minimum atomic E-state index is 0.0337. The number of piperidine rings is 1. The summed E-state index contributed by atoms with van der Waals surface area (Å²) in [5.74, 6) is 0.949. The topological polar surface area (TPSA) is 35.6 Å². The smallest absolute Gasteiger partial charge is 0.239 e. The summed E-state index contributed by atoms with van der Waals surface area (Å²) in [7, 11) is 0. The highest BCUT2D eigenvalue weighted by Crippen LogP contribution is 2.23. The van der Waals surface area contributed by atoms with Gasteiger partial charge >= 0.3 is 0 Å². The zero-order valence-electron chi connectivity index (χ0n) is 13.1. The lowest BCUT2D eigenvalue weighted by Crippen LogP contribution is -2.55. The van der Waals surface area contributed by atoms with Crippen molar-refractivity contribution in [1.29, 1.82) is 0 Å². The second-order valence-corrected chi connectivity index (χ2v) is 8.24. The van der Waals surface area contributed by atoms with Crippen molar-refractivity contribution in [2.45, 2.75) is 32.4 Å². The summed E-state index contributed by atoms with van der Waals surface area (Å²) in [4.78, 5) is 18.3. The van der Waals surface area contributed by atoms with E-state index < -0.39 is 0 Å². The monoisotopic (exact) mass is 341 g/mol. The van der Waals surface area contributed by atoms with E-state index in [1.165, 1.54) is 11.3 Å². The molecule has 1 amide bonds. The van der Waals surface area contributed by atoms with Gasteiger partial charge in [0.1, 0.15) is 0 Å². The normalized spacial score (nSPS) is 27.1. The Morgan fingerprint density at radius 2 is 2.14 bits per heavy atom. The first-order valence-electron chi connectivity index (χ1n) is 8.10. The molecule has 2 unspecified atom stereocenters. The first kappa shape index (κ1) is 16.2. The summed E-state index contributed by atoms with van der Waals surface area (Å²) in [6, 6.07) is 4.08. The minimum absolute atomic E-state index is 0.0337. The maximum atomic E-state index is 12.6. The average Bonchev–Trinajstić information content (AvgIpc) is 2.92.